The third kappa shape index (κ3) is 2.76. The van der Waals surface area contributed by atoms with Gasteiger partial charge in [-0.2, -0.15) is 0 Å². The normalized spacial score (nSPS) is 11.7. The molecule has 3 aromatic rings. The van der Waals surface area contributed by atoms with Gasteiger partial charge in [-0.25, -0.2) is 0 Å². The third-order valence-corrected chi connectivity index (χ3v) is 3.51. The van der Waals surface area contributed by atoms with Crippen LogP contribution >= 0.6 is 0 Å². The Balaban J connectivity index is 2.02. The van der Waals surface area contributed by atoms with E-state index in [1.165, 1.54) is 10.8 Å². The summed E-state index contributed by atoms with van der Waals surface area (Å²) < 4.78 is 0.956. The highest BCUT2D eigenvalue weighted by Crippen LogP contribution is 2.17. The molecule has 1 nitrogen and oxygen atoms in total. The lowest BCUT2D eigenvalue weighted by molar-refractivity contribution is 1.52. The van der Waals surface area contributed by atoms with Crippen LogP contribution < -0.4 is 0 Å². The number of fused-ring (bicyclic) bond motifs is 1. The van der Waals surface area contributed by atoms with E-state index in [1.54, 1.807) is 0 Å². The van der Waals surface area contributed by atoms with Gasteiger partial charge in [0, 0.05) is 0 Å². The Labute approximate surface area is 121 Å². The fraction of sp³-hybridized carbons (Fsp3) is 0. The molecule has 0 heterocycles. The fourth-order valence-electron chi connectivity index (χ4n) is 2.05. The average molecular weight is 257 g/mol. The predicted molar refractivity (Wildman–Crippen MR) is 82.3 cm³/mol. The van der Waals surface area contributed by atoms with E-state index in [-0.39, 0.29) is 0 Å². The van der Waals surface area contributed by atoms with Crippen molar-refractivity contribution in [2.75, 3.05) is 0 Å². The van der Waals surface area contributed by atoms with Crippen LogP contribution in [0.2, 0.25) is 0 Å². The maximum absolute atomic E-state index is 4.62. The first-order chi connectivity index (χ1) is 9.33. The molecule has 0 bridgehead atoms. The minimum Gasteiger partial charge on any atom is -0.274 e. The molecule has 2 heteroatoms. The van der Waals surface area contributed by atoms with E-state index >= 15 is 0 Å². The SMILES string of the molecule is [Al][C](=Nc1ccccc1)c1ccc2ccccc2c1. The van der Waals surface area contributed by atoms with Crippen LogP contribution in [0.4, 0.5) is 5.69 Å². The van der Waals surface area contributed by atoms with Gasteiger partial charge in [-0.3, -0.25) is 4.99 Å². The molecule has 0 N–H and O–H groups in total. The highest BCUT2D eigenvalue weighted by molar-refractivity contribution is 6.64. The molecular weight excluding hydrogens is 245 g/mol. The fourth-order valence-corrected chi connectivity index (χ4v) is 2.38. The van der Waals surface area contributed by atoms with Crippen LogP contribution in [0.25, 0.3) is 10.8 Å². The molecule has 88 valence electrons. The summed E-state index contributed by atoms with van der Waals surface area (Å²) in [6, 6.07) is 24.8. The zero-order valence-corrected chi connectivity index (χ0v) is 11.6. The van der Waals surface area contributed by atoms with Crippen LogP contribution in [-0.4, -0.2) is 20.9 Å². The molecule has 0 aromatic heterocycles. The van der Waals surface area contributed by atoms with Crippen molar-refractivity contribution < 1.29 is 0 Å². The van der Waals surface area contributed by atoms with E-state index in [0.29, 0.717) is 0 Å². The summed E-state index contributed by atoms with van der Waals surface area (Å²) in [4.78, 5) is 4.62. The number of hydrogen-bond donors (Lipinski definition) is 0. The molecular formula is C17H12AlN. The summed E-state index contributed by atoms with van der Waals surface area (Å²) in [5.41, 5.74) is 2.10. The lowest BCUT2D eigenvalue weighted by Gasteiger charge is -2.05. The van der Waals surface area contributed by atoms with Gasteiger partial charge in [0.2, 0.25) is 16.3 Å². The van der Waals surface area contributed by atoms with Crippen molar-refractivity contribution in [3.63, 3.8) is 0 Å². The molecule has 0 spiro atoms. The maximum Gasteiger partial charge on any atom is 0.210 e. The van der Waals surface area contributed by atoms with Crippen molar-refractivity contribution in [3.05, 3.63) is 78.4 Å². The van der Waals surface area contributed by atoms with E-state index in [9.17, 15) is 0 Å². The Bertz CT molecular complexity index is 732. The van der Waals surface area contributed by atoms with Crippen LogP contribution in [0.15, 0.2) is 77.8 Å². The molecule has 0 amide bonds. The molecule has 3 rings (SSSR count). The van der Waals surface area contributed by atoms with E-state index in [0.717, 1.165) is 15.8 Å². The number of benzene rings is 3. The van der Waals surface area contributed by atoms with Crippen molar-refractivity contribution in [2.24, 2.45) is 4.99 Å². The predicted octanol–water partition coefficient (Wildman–Crippen LogP) is 4.09. The van der Waals surface area contributed by atoms with Crippen molar-refractivity contribution in [3.8, 4) is 0 Å². The second-order valence-electron chi connectivity index (χ2n) is 4.39. The number of para-hydroxylation sites is 1. The summed E-state index contributed by atoms with van der Waals surface area (Å²) >= 11 is 2.72. The first kappa shape index (κ1) is 12.2. The van der Waals surface area contributed by atoms with E-state index in [1.807, 2.05) is 30.3 Å². The summed E-state index contributed by atoms with van der Waals surface area (Å²) in [5.74, 6) is 0. The zero-order chi connectivity index (χ0) is 13.1. The smallest absolute Gasteiger partial charge is 0.210 e. The Morgan fingerprint density at radius 2 is 1.42 bits per heavy atom. The third-order valence-electron chi connectivity index (χ3n) is 3.05. The van der Waals surface area contributed by atoms with Gasteiger partial charge in [-0.1, -0.05) is 59.2 Å². The Morgan fingerprint density at radius 3 is 2.21 bits per heavy atom. The monoisotopic (exact) mass is 257 g/mol. The van der Waals surface area contributed by atoms with Gasteiger partial charge in [-0.15, -0.1) is 0 Å². The minimum atomic E-state index is 0.956. The molecule has 19 heavy (non-hydrogen) atoms. The van der Waals surface area contributed by atoms with Crippen LogP contribution in [0, 0.1) is 0 Å². The highest BCUT2D eigenvalue weighted by atomic mass is 27.0. The average Bonchev–Trinajstić information content (AvgIpc) is 2.48. The summed E-state index contributed by atoms with van der Waals surface area (Å²) in [6.07, 6.45) is 0. The molecule has 0 atom stereocenters. The van der Waals surface area contributed by atoms with Gasteiger partial charge in [0.25, 0.3) is 0 Å². The molecule has 0 aliphatic carbocycles. The molecule has 0 aliphatic rings. The van der Waals surface area contributed by atoms with Gasteiger partial charge in [-0.05, 0) is 34.5 Å². The van der Waals surface area contributed by atoms with Gasteiger partial charge < -0.3 is 0 Å². The number of hydrogen-bond acceptors (Lipinski definition) is 1. The van der Waals surface area contributed by atoms with Crippen LogP contribution in [-0.2, 0) is 0 Å². The summed E-state index contributed by atoms with van der Waals surface area (Å²) in [7, 11) is 0. The largest absolute Gasteiger partial charge is 0.274 e. The zero-order valence-electron chi connectivity index (χ0n) is 10.5. The first-order valence-corrected chi connectivity index (χ1v) is 6.79. The second-order valence-corrected chi connectivity index (χ2v) is 4.94. The van der Waals surface area contributed by atoms with Gasteiger partial charge >= 0.3 is 0 Å². The standard InChI is InChI=1S/C17H12N.Al/c1-2-8-17(9-3-1)18-13-14-10-11-15-6-4-5-7-16(15)12-14;/h1-12H;. The van der Waals surface area contributed by atoms with E-state index in [2.05, 4.69) is 63.7 Å². The van der Waals surface area contributed by atoms with Crippen LogP contribution in [0.5, 0.6) is 0 Å². The number of rotatable bonds is 2. The molecule has 3 aromatic carbocycles. The Morgan fingerprint density at radius 1 is 0.737 bits per heavy atom. The van der Waals surface area contributed by atoms with Gasteiger partial charge in [0.15, 0.2) is 0 Å². The topological polar surface area (TPSA) is 12.4 Å². The highest BCUT2D eigenvalue weighted by Gasteiger charge is 1.98. The second kappa shape index (κ2) is 5.40. The first-order valence-electron chi connectivity index (χ1n) is 6.21. The molecule has 0 saturated heterocycles. The van der Waals surface area contributed by atoms with Gasteiger partial charge in [0.05, 0.1) is 5.69 Å². The molecule has 0 aliphatic heterocycles. The lowest BCUT2D eigenvalue weighted by Crippen LogP contribution is -1.99. The van der Waals surface area contributed by atoms with Gasteiger partial charge in [0.1, 0.15) is 0 Å². The quantitative estimate of drug-likeness (QED) is 0.484. The van der Waals surface area contributed by atoms with Crippen molar-refractivity contribution >= 4 is 37.3 Å². The van der Waals surface area contributed by atoms with Crippen molar-refractivity contribution in [2.45, 2.75) is 0 Å². The molecule has 0 fully saturated rings. The number of nitrogens with zero attached hydrogens (tertiary/aromatic N) is 1. The van der Waals surface area contributed by atoms with E-state index < -0.39 is 0 Å². The van der Waals surface area contributed by atoms with Crippen LogP contribution in [0.3, 0.4) is 0 Å². The molecule has 0 unspecified atom stereocenters. The maximum atomic E-state index is 4.62. The summed E-state index contributed by atoms with van der Waals surface area (Å²) in [5, 5.41) is 2.49. The number of aliphatic imine (C=N–C) groups is 1. The Kier molecular flexibility index (Phi) is 3.46. The van der Waals surface area contributed by atoms with Crippen molar-refractivity contribution in [1.29, 1.82) is 0 Å². The minimum absolute atomic E-state index is 0.956. The molecule has 2 radical (unpaired) electrons. The lowest BCUT2D eigenvalue weighted by atomic mass is 10.1. The molecule has 0 saturated carbocycles. The van der Waals surface area contributed by atoms with E-state index in [4.69, 9.17) is 0 Å². The van der Waals surface area contributed by atoms with Crippen molar-refractivity contribution in [1.82, 2.24) is 0 Å². The van der Waals surface area contributed by atoms with Crippen LogP contribution in [0.1, 0.15) is 5.56 Å². The Hall–Kier alpha value is -1.88. The summed E-state index contributed by atoms with van der Waals surface area (Å²) in [6.45, 7) is 0.